The van der Waals surface area contributed by atoms with Crippen LogP contribution in [0.15, 0.2) is 28.7 Å². The zero-order valence-electron chi connectivity index (χ0n) is 8.18. The molecule has 0 nitrogen and oxygen atoms in total. The third kappa shape index (κ3) is 2.96. The predicted molar refractivity (Wildman–Crippen MR) is 76.1 cm³/mol. The van der Waals surface area contributed by atoms with Crippen LogP contribution in [0, 0.1) is 5.82 Å². The van der Waals surface area contributed by atoms with Gasteiger partial charge in [-0.2, -0.15) is 0 Å². The second kappa shape index (κ2) is 5.45. The van der Waals surface area contributed by atoms with Crippen LogP contribution in [0.4, 0.5) is 4.39 Å². The Hall–Kier alpha value is 0.200. The Kier molecular flexibility index (Phi) is 4.37. The topological polar surface area (TPSA) is 0 Å². The summed E-state index contributed by atoms with van der Waals surface area (Å²) in [5.41, 5.74) is 1.49. The average Bonchev–Trinajstić information content (AvgIpc) is 2.57. The lowest BCUT2D eigenvalue weighted by Crippen LogP contribution is -1.94. The molecule has 2 aromatic rings. The largest absolute Gasteiger partial charge is 0.207 e. The fourth-order valence-corrected chi connectivity index (χ4v) is 4.13. The molecule has 0 saturated heterocycles. The summed E-state index contributed by atoms with van der Waals surface area (Å²) in [6, 6.07) is 6.07. The van der Waals surface area contributed by atoms with Crippen LogP contribution in [-0.2, 0) is 0 Å². The van der Waals surface area contributed by atoms with Crippen LogP contribution < -0.4 is 0 Å². The number of rotatable bonds is 2. The molecule has 0 fully saturated rings. The first kappa shape index (κ1) is 13.6. The molecule has 17 heavy (non-hydrogen) atoms. The van der Waals surface area contributed by atoms with E-state index < -0.39 is 5.38 Å². The van der Waals surface area contributed by atoms with Crippen molar-refractivity contribution in [3.8, 4) is 0 Å². The average molecular weight is 374 g/mol. The predicted octanol–water partition coefficient (Wildman–Crippen LogP) is 6.28. The van der Waals surface area contributed by atoms with Gasteiger partial charge in [-0.05, 0) is 23.8 Å². The van der Waals surface area contributed by atoms with Crippen molar-refractivity contribution in [2.24, 2.45) is 0 Å². The number of benzene rings is 1. The van der Waals surface area contributed by atoms with Crippen molar-refractivity contribution in [3.05, 3.63) is 54.4 Å². The molecule has 0 radical (unpaired) electrons. The SMILES string of the molecule is Fc1ccc(C(Cl)c2cc(Cl)sc2Cl)c(Br)c1. The van der Waals surface area contributed by atoms with Gasteiger partial charge in [0.2, 0.25) is 0 Å². The lowest BCUT2D eigenvalue weighted by atomic mass is 10.1. The van der Waals surface area contributed by atoms with E-state index in [0.717, 1.165) is 11.1 Å². The molecule has 1 unspecified atom stereocenters. The van der Waals surface area contributed by atoms with Crippen molar-refractivity contribution >= 4 is 62.1 Å². The standard InChI is InChI=1S/C11H5BrCl3FS/c12-8-3-5(16)1-2-6(8)10(14)7-4-9(13)17-11(7)15/h1-4,10H. The summed E-state index contributed by atoms with van der Waals surface area (Å²) < 4.78 is 14.7. The molecule has 2 rings (SSSR count). The van der Waals surface area contributed by atoms with Gasteiger partial charge >= 0.3 is 0 Å². The molecule has 0 aliphatic rings. The molecule has 0 aliphatic carbocycles. The van der Waals surface area contributed by atoms with E-state index in [2.05, 4.69) is 15.9 Å². The number of halogens is 5. The smallest absolute Gasteiger partial charge is 0.124 e. The van der Waals surface area contributed by atoms with Gasteiger partial charge in [0.25, 0.3) is 0 Å². The maximum absolute atomic E-state index is 13.0. The maximum atomic E-state index is 13.0. The molecule has 0 spiro atoms. The Labute approximate surface area is 125 Å². The summed E-state index contributed by atoms with van der Waals surface area (Å²) in [6.45, 7) is 0. The van der Waals surface area contributed by atoms with E-state index in [4.69, 9.17) is 34.8 Å². The Morgan fingerprint density at radius 3 is 2.41 bits per heavy atom. The van der Waals surface area contributed by atoms with Crippen LogP contribution in [0.25, 0.3) is 0 Å². The number of hydrogen-bond donors (Lipinski definition) is 0. The second-order valence-electron chi connectivity index (χ2n) is 3.31. The Morgan fingerprint density at radius 1 is 1.18 bits per heavy atom. The minimum atomic E-state index is -0.457. The van der Waals surface area contributed by atoms with E-state index in [1.165, 1.54) is 23.5 Å². The quantitative estimate of drug-likeness (QED) is 0.542. The number of thiophene rings is 1. The van der Waals surface area contributed by atoms with Crippen LogP contribution in [-0.4, -0.2) is 0 Å². The molecular weight excluding hydrogens is 369 g/mol. The summed E-state index contributed by atoms with van der Waals surface area (Å²) in [7, 11) is 0. The normalized spacial score (nSPS) is 12.8. The highest BCUT2D eigenvalue weighted by atomic mass is 79.9. The van der Waals surface area contributed by atoms with Gasteiger partial charge in [-0.25, -0.2) is 4.39 Å². The van der Waals surface area contributed by atoms with Gasteiger partial charge in [0.15, 0.2) is 0 Å². The first-order valence-corrected chi connectivity index (χ1v) is 7.33. The summed E-state index contributed by atoms with van der Waals surface area (Å²) in [5, 5.41) is -0.457. The lowest BCUT2D eigenvalue weighted by Gasteiger charge is -2.11. The van der Waals surface area contributed by atoms with Gasteiger partial charge in [-0.3, -0.25) is 0 Å². The fraction of sp³-hybridized carbons (Fsp3) is 0.0909. The fourth-order valence-electron chi connectivity index (χ4n) is 1.40. The molecule has 90 valence electrons. The van der Waals surface area contributed by atoms with Crippen molar-refractivity contribution in [1.29, 1.82) is 0 Å². The van der Waals surface area contributed by atoms with Gasteiger partial charge < -0.3 is 0 Å². The molecule has 6 heteroatoms. The van der Waals surface area contributed by atoms with Gasteiger partial charge in [-0.15, -0.1) is 22.9 Å². The molecule has 1 aromatic heterocycles. The van der Waals surface area contributed by atoms with Crippen LogP contribution in [0.3, 0.4) is 0 Å². The second-order valence-corrected chi connectivity index (χ2v) is 6.88. The van der Waals surface area contributed by atoms with E-state index in [1.54, 1.807) is 12.1 Å². The highest BCUT2D eigenvalue weighted by Gasteiger charge is 2.19. The van der Waals surface area contributed by atoms with Crippen LogP contribution in [0.2, 0.25) is 8.67 Å². The van der Waals surface area contributed by atoms with Crippen LogP contribution in [0.5, 0.6) is 0 Å². The molecule has 0 amide bonds. The van der Waals surface area contributed by atoms with Crippen molar-refractivity contribution in [3.63, 3.8) is 0 Å². The molecule has 0 N–H and O–H groups in total. The third-order valence-corrected chi connectivity index (χ3v) is 4.87. The van der Waals surface area contributed by atoms with Crippen molar-refractivity contribution in [1.82, 2.24) is 0 Å². The van der Waals surface area contributed by atoms with E-state index in [0.29, 0.717) is 13.1 Å². The van der Waals surface area contributed by atoms with E-state index >= 15 is 0 Å². The van der Waals surface area contributed by atoms with Crippen LogP contribution >= 0.6 is 62.1 Å². The van der Waals surface area contributed by atoms with Gasteiger partial charge in [-0.1, -0.05) is 45.2 Å². The lowest BCUT2D eigenvalue weighted by molar-refractivity contribution is 0.626. The summed E-state index contributed by atoms with van der Waals surface area (Å²) >= 11 is 22.8. The zero-order chi connectivity index (χ0) is 12.6. The Morgan fingerprint density at radius 2 is 1.88 bits per heavy atom. The molecular formula is C11H5BrCl3FS. The van der Waals surface area contributed by atoms with Gasteiger partial charge in [0, 0.05) is 10.0 Å². The highest BCUT2D eigenvalue weighted by Crippen LogP contribution is 2.42. The van der Waals surface area contributed by atoms with Gasteiger partial charge in [0.1, 0.15) is 5.82 Å². The first-order valence-electron chi connectivity index (χ1n) is 4.53. The van der Waals surface area contributed by atoms with Crippen molar-refractivity contribution in [2.75, 3.05) is 0 Å². The highest BCUT2D eigenvalue weighted by molar-refractivity contribution is 9.10. The summed E-state index contributed by atoms with van der Waals surface area (Å²) in [4.78, 5) is 0. The molecule has 0 bridgehead atoms. The molecule has 1 atom stereocenters. The summed E-state index contributed by atoms with van der Waals surface area (Å²) in [6.07, 6.45) is 0. The van der Waals surface area contributed by atoms with Crippen molar-refractivity contribution < 1.29 is 4.39 Å². The van der Waals surface area contributed by atoms with E-state index in [1.807, 2.05) is 0 Å². The maximum Gasteiger partial charge on any atom is 0.124 e. The van der Waals surface area contributed by atoms with Crippen LogP contribution in [0.1, 0.15) is 16.5 Å². The monoisotopic (exact) mass is 372 g/mol. The molecule has 1 heterocycles. The minimum Gasteiger partial charge on any atom is -0.207 e. The molecule has 0 saturated carbocycles. The molecule has 0 aliphatic heterocycles. The minimum absolute atomic E-state index is 0.320. The Bertz CT molecular complexity index is 556. The van der Waals surface area contributed by atoms with Gasteiger partial charge in [0.05, 0.1) is 14.0 Å². The third-order valence-electron chi connectivity index (χ3n) is 2.19. The summed E-state index contributed by atoms with van der Waals surface area (Å²) in [5.74, 6) is -0.320. The Balaban J connectivity index is 2.43. The molecule has 1 aromatic carbocycles. The van der Waals surface area contributed by atoms with E-state index in [9.17, 15) is 4.39 Å². The first-order chi connectivity index (χ1) is 7.99. The van der Waals surface area contributed by atoms with E-state index in [-0.39, 0.29) is 5.82 Å². The number of hydrogen-bond acceptors (Lipinski definition) is 1. The van der Waals surface area contributed by atoms with Crippen molar-refractivity contribution in [2.45, 2.75) is 5.38 Å². The number of alkyl halides is 1. The zero-order valence-corrected chi connectivity index (χ0v) is 12.9.